The van der Waals surface area contributed by atoms with E-state index >= 15 is 0 Å². The second kappa shape index (κ2) is 26.0. The van der Waals surface area contributed by atoms with Gasteiger partial charge in [-0.1, -0.05) is 42.5 Å². The molecule has 4 fully saturated rings. The number of nitrogens with one attached hydrogen (secondary N) is 1. The van der Waals surface area contributed by atoms with Crippen LogP contribution in [-0.4, -0.2) is 183 Å². The van der Waals surface area contributed by atoms with Gasteiger partial charge in [-0.2, -0.15) is 0 Å². The number of esters is 1. The molecular weight excluding hydrogens is 1070 g/mol. The molecule has 4 amide bonds. The molecule has 5 aliphatic rings. The number of alkyl carbamates (subject to hydrolysis) is 1. The van der Waals surface area contributed by atoms with E-state index in [0.29, 0.717) is 66.2 Å². The van der Waals surface area contributed by atoms with Gasteiger partial charge >= 0.3 is 24.2 Å². The third-order valence-electron chi connectivity index (χ3n) is 15.9. The first-order valence-electron chi connectivity index (χ1n) is 28.8. The number of hydrogen-bond acceptors (Lipinski definition) is 18. The first-order valence-corrected chi connectivity index (χ1v) is 28.8. The molecule has 1 aliphatic carbocycles. The van der Waals surface area contributed by atoms with Crippen molar-refractivity contribution in [1.29, 1.82) is 0 Å². The van der Waals surface area contributed by atoms with Crippen molar-refractivity contribution < 1.29 is 61.9 Å². The summed E-state index contributed by atoms with van der Waals surface area (Å²) in [4.78, 5) is 86.9. The Bertz CT molecular complexity index is 2960. The first kappa shape index (κ1) is 60.2. The number of ether oxygens (including phenoxy) is 8. The molecule has 83 heavy (non-hydrogen) atoms. The number of amides is 4. The summed E-state index contributed by atoms with van der Waals surface area (Å²) in [5, 5.41) is 3.80. The minimum Gasteiger partial charge on any atom is -0.482 e. The molecule has 1 aromatic heterocycles. The first-order chi connectivity index (χ1) is 39.7. The van der Waals surface area contributed by atoms with E-state index in [4.69, 9.17) is 47.9 Å². The number of aromatic nitrogens is 2. The van der Waals surface area contributed by atoms with E-state index in [1.807, 2.05) is 74.2 Å². The molecular formula is C61H81N9O13. The maximum Gasteiger partial charge on any atom is 0.409 e. The summed E-state index contributed by atoms with van der Waals surface area (Å²) in [5.41, 5.74) is 0.986. The quantitative estimate of drug-likeness (QED) is 0.0697. The molecule has 448 valence electrons. The summed E-state index contributed by atoms with van der Waals surface area (Å²) < 4.78 is 47.1. The molecule has 3 unspecified atom stereocenters. The van der Waals surface area contributed by atoms with Crippen LogP contribution in [-0.2, 0) is 55.0 Å². The number of hydrogen-bond donors (Lipinski definition) is 1. The number of likely N-dealkylation sites (tertiary alicyclic amines) is 1. The van der Waals surface area contributed by atoms with Gasteiger partial charge in [0, 0.05) is 89.5 Å². The van der Waals surface area contributed by atoms with Crippen LogP contribution >= 0.6 is 0 Å². The van der Waals surface area contributed by atoms with E-state index in [0.717, 1.165) is 74.8 Å². The second-order valence-electron chi connectivity index (χ2n) is 23.5. The fraction of sp³-hybridized carbons (Fsp3) is 0.557. The van der Waals surface area contributed by atoms with Crippen LogP contribution in [0.3, 0.4) is 0 Å². The summed E-state index contributed by atoms with van der Waals surface area (Å²) in [7, 11) is 7.81. The number of fused-ring (bicyclic) bond motifs is 1. The molecule has 22 nitrogen and oxygen atoms in total. The monoisotopic (exact) mass is 1150 g/mol. The molecule has 0 spiro atoms. The highest BCUT2D eigenvalue weighted by Crippen LogP contribution is 2.44. The highest BCUT2D eigenvalue weighted by Gasteiger charge is 2.46. The standard InChI is InChI=1S/C61H81N9O13/c1-59(2,3)83-56(73)64-60(4)28-32-68(33-29-60)43-26-30-69(31-27-43)55-62-48-25-20-44(70-40-67(7)50(71)37-51(70)76-8)36-47(48)53(63-55)61(82-46-23-24-46,42-14-11-10-12-15-42)39-79-58(75)66(6)35-34-65(5)57(74)78-38-41-18-21-45(22-19-41)80-52-17-13-16-49(81-52)54(72)77-9/h10-12,14-15,18-22,25,36-37,43,46,49,52H,13,16-17,23-24,26-35,38-40H2,1-9H3,(H,64,73). The lowest BCUT2D eigenvalue weighted by Crippen LogP contribution is -2.57. The maximum absolute atomic E-state index is 14.3. The lowest BCUT2D eigenvalue weighted by molar-refractivity contribution is -0.183. The van der Waals surface area contributed by atoms with E-state index in [9.17, 15) is 24.0 Å². The molecule has 3 atom stereocenters. The lowest BCUT2D eigenvalue weighted by Gasteiger charge is -2.45. The number of rotatable bonds is 19. The van der Waals surface area contributed by atoms with Crippen molar-refractivity contribution in [2.24, 2.45) is 0 Å². The molecule has 9 rings (SSSR count). The number of carbonyl (C=O) groups is 5. The van der Waals surface area contributed by atoms with Crippen LogP contribution in [0, 0.1) is 0 Å². The van der Waals surface area contributed by atoms with Crippen molar-refractivity contribution in [3.63, 3.8) is 0 Å². The third kappa shape index (κ3) is 15.0. The molecule has 22 heteroatoms. The molecule has 1 saturated carbocycles. The fourth-order valence-electron chi connectivity index (χ4n) is 10.9. The maximum atomic E-state index is 14.3. The van der Waals surface area contributed by atoms with E-state index in [1.165, 1.54) is 30.1 Å². The summed E-state index contributed by atoms with van der Waals surface area (Å²) in [5.74, 6) is 0.852. The van der Waals surface area contributed by atoms with E-state index in [-0.39, 0.29) is 50.5 Å². The molecule has 3 aromatic carbocycles. The van der Waals surface area contributed by atoms with Crippen molar-refractivity contribution in [3.05, 3.63) is 102 Å². The Balaban J connectivity index is 0.910. The number of likely N-dealkylation sites (N-methyl/N-ethyl adjacent to an activating group) is 3. The van der Waals surface area contributed by atoms with Crippen LogP contribution in [0.15, 0.2) is 84.8 Å². The Morgan fingerprint density at radius 1 is 0.831 bits per heavy atom. The van der Waals surface area contributed by atoms with Gasteiger partial charge in [-0.15, -0.1) is 0 Å². The topological polar surface area (TPSA) is 216 Å². The highest BCUT2D eigenvalue weighted by atomic mass is 16.7. The van der Waals surface area contributed by atoms with Gasteiger partial charge in [0.15, 0.2) is 11.7 Å². The van der Waals surface area contributed by atoms with E-state index in [1.54, 1.807) is 50.3 Å². The van der Waals surface area contributed by atoms with Crippen LogP contribution in [0.1, 0.15) is 102 Å². The van der Waals surface area contributed by atoms with Crippen molar-refractivity contribution in [2.75, 3.05) is 97.7 Å². The summed E-state index contributed by atoms with van der Waals surface area (Å²) in [6.07, 6.45) is 5.41. The molecule has 3 saturated heterocycles. The van der Waals surface area contributed by atoms with Crippen molar-refractivity contribution in [3.8, 4) is 5.75 Å². The Hall–Kier alpha value is -7.43. The zero-order chi connectivity index (χ0) is 59.1. The van der Waals surface area contributed by atoms with Gasteiger partial charge < -0.3 is 67.7 Å². The summed E-state index contributed by atoms with van der Waals surface area (Å²) in [6.45, 7) is 11.0. The predicted molar refractivity (Wildman–Crippen MR) is 308 cm³/mol. The molecule has 5 heterocycles. The average Bonchev–Trinajstić information content (AvgIpc) is 3.18. The average molecular weight is 1150 g/mol. The van der Waals surface area contributed by atoms with Crippen molar-refractivity contribution in [1.82, 2.24) is 34.9 Å². The van der Waals surface area contributed by atoms with Crippen LogP contribution in [0.25, 0.3) is 10.9 Å². The SMILES string of the molecule is COC(=O)C1CCCC(Oc2ccc(COC(=O)N(C)CCN(C)C(=O)OCC(OC3CC3)(c3ccccc3)c3nc(N4CCC(N5CCC(C)(NC(=O)OC(C)(C)C)CC5)CC4)nc4ccc(N5CN(C)C(=O)C=C5OC)cc34)cc2)O1. The van der Waals surface area contributed by atoms with Gasteiger partial charge in [-0.25, -0.2) is 29.1 Å². The Morgan fingerprint density at radius 3 is 2.17 bits per heavy atom. The fourth-order valence-corrected chi connectivity index (χ4v) is 10.9. The highest BCUT2D eigenvalue weighted by molar-refractivity contribution is 5.92. The zero-order valence-corrected chi connectivity index (χ0v) is 49.4. The predicted octanol–water partition coefficient (Wildman–Crippen LogP) is 7.91. The van der Waals surface area contributed by atoms with Crippen LogP contribution in [0.2, 0.25) is 0 Å². The molecule has 4 aromatic rings. The number of methoxy groups -OCH3 is 2. The second-order valence-corrected chi connectivity index (χ2v) is 23.5. The Labute approximate surface area is 486 Å². The Kier molecular flexibility index (Phi) is 18.9. The Morgan fingerprint density at radius 2 is 1.52 bits per heavy atom. The van der Waals surface area contributed by atoms with Gasteiger partial charge in [-0.05, 0) is 121 Å². The zero-order valence-electron chi connectivity index (χ0n) is 49.4. The lowest BCUT2D eigenvalue weighted by atomic mass is 9.87. The number of benzene rings is 3. The normalized spacial score (nSPS) is 20.4. The number of nitrogens with zero attached hydrogens (tertiary/aromatic N) is 8. The van der Waals surface area contributed by atoms with Crippen molar-refractivity contribution in [2.45, 2.75) is 133 Å². The molecule has 1 N–H and O–H groups in total. The van der Waals surface area contributed by atoms with E-state index < -0.39 is 47.8 Å². The van der Waals surface area contributed by atoms with Crippen LogP contribution < -0.4 is 19.9 Å². The number of carbonyl (C=O) groups excluding carboxylic acids is 5. The van der Waals surface area contributed by atoms with Gasteiger partial charge in [0.2, 0.25) is 18.1 Å². The van der Waals surface area contributed by atoms with Crippen LogP contribution in [0.4, 0.5) is 26.0 Å². The molecule has 0 radical (unpaired) electrons. The molecule has 4 aliphatic heterocycles. The molecule has 0 bridgehead atoms. The minimum absolute atomic E-state index is 0.00261. The smallest absolute Gasteiger partial charge is 0.409 e. The number of piperidine rings is 2. The van der Waals surface area contributed by atoms with Gasteiger partial charge in [0.1, 0.15) is 31.2 Å². The van der Waals surface area contributed by atoms with Gasteiger partial charge in [0.25, 0.3) is 5.91 Å². The van der Waals surface area contributed by atoms with E-state index in [2.05, 4.69) is 22.0 Å². The van der Waals surface area contributed by atoms with Crippen molar-refractivity contribution >= 4 is 52.7 Å². The van der Waals surface area contributed by atoms with Gasteiger partial charge in [-0.3, -0.25) is 9.69 Å². The summed E-state index contributed by atoms with van der Waals surface area (Å²) in [6, 6.07) is 23.0. The third-order valence-corrected chi connectivity index (χ3v) is 15.9. The van der Waals surface area contributed by atoms with Gasteiger partial charge in [0.05, 0.1) is 37.6 Å². The number of anilines is 2. The van der Waals surface area contributed by atoms with Crippen LogP contribution in [0.5, 0.6) is 5.75 Å². The summed E-state index contributed by atoms with van der Waals surface area (Å²) >= 11 is 0. The largest absolute Gasteiger partial charge is 0.482 e. The minimum atomic E-state index is -1.43.